The molecule has 0 aliphatic heterocycles. The molecule has 0 spiro atoms. The summed E-state index contributed by atoms with van der Waals surface area (Å²) in [6.45, 7) is 1.69. The number of methoxy groups -OCH3 is 1. The van der Waals surface area contributed by atoms with Gasteiger partial charge in [0.2, 0.25) is 0 Å². The van der Waals surface area contributed by atoms with Crippen LogP contribution in [0.5, 0.6) is 0 Å². The predicted octanol–water partition coefficient (Wildman–Crippen LogP) is 0.295. The van der Waals surface area contributed by atoms with E-state index >= 15 is 0 Å². The zero-order valence-electron chi connectivity index (χ0n) is 11.0. The maximum atomic E-state index is 11.4. The van der Waals surface area contributed by atoms with E-state index in [1.807, 2.05) is 0 Å². The minimum atomic E-state index is -3.11. The van der Waals surface area contributed by atoms with Gasteiger partial charge in [-0.2, -0.15) is 0 Å². The number of nitrogen functional groups attached to an aromatic ring is 1. The van der Waals surface area contributed by atoms with Crippen molar-refractivity contribution >= 4 is 27.3 Å². The first-order valence-electron chi connectivity index (χ1n) is 5.51. The second kappa shape index (κ2) is 5.87. The monoisotopic (exact) mass is 287 g/mol. The summed E-state index contributed by atoms with van der Waals surface area (Å²) in [7, 11) is -1.86. The highest BCUT2D eigenvalue weighted by Crippen LogP contribution is 2.21. The number of sulfone groups is 1. The Hall–Kier alpha value is -1.83. The molecule has 0 amide bonds. The lowest BCUT2D eigenvalue weighted by Gasteiger charge is -2.16. The molecule has 0 saturated carbocycles. The quantitative estimate of drug-likeness (QED) is 0.749. The number of carbonyl (C=O) groups excluding carboxylic acids is 1. The molecule has 0 fully saturated rings. The molecule has 1 unspecified atom stereocenters. The van der Waals surface area contributed by atoms with Gasteiger partial charge in [0.05, 0.1) is 24.1 Å². The molecule has 0 aromatic carbocycles. The standard InChI is InChI=1S/C11H17N3O4S/c1-7(6-19(3,16)17)14-10-9(12)8(4-5-13-10)11(15)18-2/h4-5,7H,6,12H2,1-3H3,(H,13,14). The zero-order valence-corrected chi connectivity index (χ0v) is 11.8. The highest BCUT2D eigenvalue weighted by molar-refractivity contribution is 7.90. The van der Waals surface area contributed by atoms with E-state index in [0.717, 1.165) is 6.26 Å². The molecule has 8 heteroatoms. The highest BCUT2D eigenvalue weighted by Gasteiger charge is 2.16. The number of ether oxygens (including phenoxy) is 1. The van der Waals surface area contributed by atoms with Crippen molar-refractivity contribution in [3.05, 3.63) is 17.8 Å². The van der Waals surface area contributed by atoms with E-state index in [4.69, 9.17) is 5.73 Å². The molecule has 7 nitrogen and oxygen atoms in total. The SMILES string of the molecule is COC(=O)c1ccnc(NC(C)CS(C)(=O)=O)c1N. The van der Waals surface area contributed by atoms with Crippen LogP contribution in [0.4, 0.5) is 11.5 Å². The number of esters is 1. The lowest BCUT2D eigenvalue weighted by Crippen LogP contribution is -2.26. The first-order chi connectivity index (χ1) is 8.74. The Morgan fingerprint density at radius 2 is 2.21 bits per heavy atom. The molecule has 0 radical (unpaired) electrons. The maximum absolute atomic E-state index is 11.4. The van der Waals surface area contributed by atoms with Crippen molar-refractivity contribution < 1.29 is 17.9 Å². The Morgan fingerprint density at radius 3 is 2.74 bits per heavy atom. The summed E-state index contributed by atoms with van der Waals surface area (Å²) < 4.78 is 26.9. The third kappa shape index (κ3) is 4.40. The molecule has 3 N–H and O–H groups in total. The van der Waals surface area contributed by atoms with Crippen LogP contribution in [0.15, 0.2) is 12.3 Å². The number of nitrogens with zero attached hydrogens (tertiary/aromatic N) is 1. The van der Waals surface area contributed by atoms with Gasteiger partial charge in [0.25, 0.3) is 0 Å². The molecule has 1 aromatic rings. The summed E-state index contributed by atoms with van der Waals surface area (Å²) in [6.07, 6.45) is 2.55. The molecule has 1 heterocycles. The molecular weight excluding hydrogens is 270 g/mol. The van der Waals surface area contributed by atoms with Crippen molar-refractivity contribution in [3.63, 3.8) is 0 Å². The molecule has 0 aliphatic carbocycles. The minimum Gasteiger partial charge on any atom is -0.465 e. The Morgan fingerprint density at radius 1 is 1.58 bits per heavy atom. The van der Waals surface area contributed by atoms with Gasteiger partial charge in [-0.15, -0.1) is 0 Å². The second-order valence-electron chi connectivity index (χ2n) is 4.25. The van der Waals surface area contributed by atoms with Crippen molar-refractivity contribution in [2.75, 3.05) is 30.2 Å². The Balaban J connectivity index is 2.94. The first-order valence-corrected chi connectivity index (χ1v) is 7.57. The second-order valence-corrected chi connectivity index (χ2v) is 6.44. The fourth-order valence-corrected chi connectivity index (χ4v) is 2.60. The van der Waals surface area contributed by atoms with Crippen molar-refractivity contribution in [1.82, 2.24) is 4.98 Å². The van der Waals surface area contributed by atoms with Crippen molar-refractivity contribution in [2.24, 2.45) is 0 Å². The summed E-state index contributed by atoms with van der Waals surface area (Å²) in [5.74, 6) is -0.367. The number of nitrogens with two attached hydrogens (primary N) is 1. The lowest BCUT2D eigenvalue weighted by molar-refractivity contribution is 0.0602. The number of rotatable bonds is 5. The van der Waals surface area contributed by atoms with E-state index in [-0.39, 0.29) is 28.9 Å². The van der Waals surface area contributed by atoms with Gasteiger partial charge in [-0.1, -0.05) is 0 Å². The van der Waals surface area contributed by atoms with E-state index in [1.54, 1.807) is 6.92 Å². The lowest BCUT2D eigenvalue weighted by atomic mass is 10.2. The largest absolute Gasteiger partial charge is 0.465 e. The smallest absolute Gasteiger partial charge is 0.340 e. The highest BCUT2D eigenvalue weighted by atomic mass is 32.2. The number of pyridine rings is 1. The van der Waals surface area contributed by atoms with Crippen LogP contribution in [-0.4, -0.2) is 44.5 Å². The minimum absolute atomic E-state index is 0.0590. The van der Waals surface area contributed by atoms with Crippen LogP contribution in [0.25, 0.3) is 0 Å². The molecule has 1 atom stereocenters. The number of carbonyl (C=O) groups is 1. The van der Waals surface area contributed by atoms with E-state index in [1.165, 1.54) is 19.4 Å². The fraction of sp³-hybridized carbons (Fsp3) is 0.455. The van der Waals surface area contributed by atoms with Gasteiger partial charge in [-0.3, -0.25) is 0 Å². The average molecular weight is 287 g/mol. The van der Waals surface area contributed by atoms with Crippen molar-refractivity contribution in [3.8, 4) is 0 Å². The molecule has 0 aliphatic rings. The Kier molecular flexibility index (Phi) is 4.71. The number of nitrogens with one attached hydrogen (secondary N) is 1. The molecular formula is C11H17N3O4S. The summed E-state index contributed by atoms with van der Waals surface area (Å²) in [5.41, 5.74) is 6.12. The molecule has 106 valence electrons. The van der Waals surface area contributed by atoms with E-state index < -0.39 is 15.8 Å². The van der Waals surface area contributed by atoms with Gasteiger partial charge in [-0.05, 0) is 13.0 Å². The number of anilines is 2. The van der Waals surface area contributed by atoms with Gasteiger partial charge >= 0.3 is 5.97 Å². The molecule has 1 rings (SSSR count). The third-order valence-corrected chi connectivity index (χ3v) is 3.44. The van der Waals surface area contributed by atoms with Crippen LogP contribution in [-0.2, 0) is 14.6 Å². The summed E-state index contributed by atoms with van der Waals surface area (Å²) in [4.78, 5) is 15.4. The number of aromatic nitrogens is 1. The summed E-state index contributed by atoms with van der Waals surface area (Å²) >= 11 is 0. The van der Waals surface area contributed by atoms with Gasteiger partial charge in [0.15, 0.2) is 0 Å². The Labute approximate surface area is 112 Å². The van der Waals surface area contributed by atoms with Crippen LogP contribution in [0.2, 0.25) is 0 Å². The van der Waals surface area contributed by atoms with Crippen LogP contribution < -0.4 is 11.1 Å². The number of hydrogen-bond donors (Lipinski definition) is 2. The average Bonchev–Trinajstić information content (AvgIpc) is 2.28. The van der Waals surface area contributed by atoms with Crippen molar-refractivity contribution in [1.29, 1.82) is 0 Å². The van der Waals surface area contributed by atoms with Gasteiger partial charge in [0.1, 0.15) is 15.7 Å². The van der Waals surface area contributed by atoms with Crippen LogP contribution in [0, 0.1) is 0 Å². The predicted molar refractivity (Wildman–Crippen MR) is 72.8 cm³/mol. The van der Waals surface area contributed by atoms with Crippen LogP contribution in [0.3, 0.4) is 0 Å². The van der Waals surface area contributed by atoms with E-state index in [2.05, 4.69) is 15.0 Å². The maximum Gasteiger partial charge on any atom is 0.340 e. The van der Waals surface area contributed by atoms with E-state index in [0.29, 0.717) is 0 Å². The summed E-state index contributed by atoms with van der Waals surface area (Å²) in [6, 6.07) is 1.06. The van der Waals surface area contributed by atoms with Crippen LogP contribution >= 0.6 is 0 Å². The summed E-state index contributed by atoms with van der Waals surface area (Å²) in [5, 5.41) is 2.86. The third-order valence-electron chi connectivity index (χ3n) is 2.33. The van der Waals surface area contributed by atoms with Gasteiger partial charge in [0, 0.05) is 18.5 Å². The molecule has 0 bridgehead atoms. The fourth-order valence-electron chi connectivity index (χ4n) is 1.61. The zero-order chi connectivity index (χ0) is 14.6. The van der Waals surface area contributed by atoms with Crippen molar-refractivity contribution in [2.45, 2.75) is 13.0 Å². The van der Waals surface area contributed by atoms with Gasteiger partial charge in [-0.25, -0.2) is 18.2 Å². The first kappa shape index (κ1) is 15.2. The molecule has 0 saturated heterocycles. The molecule has 19 heavy (non-hydrogen) atoms. The normalized spacial score (nSPS) is 12.8. The van der Waals surface area contributed by atoms with E-state index in [9.17, 15) is 13.2 Å². The van der Waals surface area contributed by atoms with Crippen LogP contribution in [0.1, 0.15) is 17.3 Å². The molecule has 1 aromatic heterocycles. The van der Waals surface area contributed by atoms with Gasteiger partial charge < -0.3 is 15.8 Å². The Bertz CT molecular complexity index is 571. The number of hydrogen-bond acceptors (Lipinski definition) is 7. The topological polar surface area (TPSA) is 111 Å².